The second-order valence-corrected chi connectivity index (χ2v) is 7.78. The topological polar surface area (TPSA) is 198 Å². The molecule has 39 heavy (non-hydrogen) atoms. The summed E-state index contributed by atoms with van der Waals surface area (Å²) in [6.45, 7) is 4.60. The Morgan fingerprint density at radius 1 is 0.872 bits per heavy atom. The molecular weight excluding hydrogens is 636 g/mol. The molecule has 17 heteroatoms. The Morgan fingerprint density at radius 2 is 1.23 bits per heavy atom. The van der Waals surface area contributed by atoms with Crippen molar-refractivity contribution in [3.8, 4) is 0 Å². The number of nitrogens with zero attached hydrogens (tertiary/aromatic N) is 2. The van der Waals surface area contributed by atoms with Crippen molar-refractivity contribution in [2.45, 2.75) is 20.8 Å². The predicted molar refractivity (Wildman–Crippen MR) is 129 cm³/mol. The summed E-state index contributed by atoms with van der Waals surface area (Å²) in [5.41, 5.74) is 2.91. The molecule has 0 unspecified atom stereocenters. The molecule has 4 aromatic rings. The molecule has 4 aromatic heterocycles. The summed E-state index contributed by atoms with van der Waals surface area (Å²) in [7, 11) is 0. The number of carbonyl (C=O) groups excluding carboxylic acids is 5. The van der Waals surface area contributed by atoms with Crippen LogP contribution in [0.15, 0.2) is 24.8 Å². The number of aliphatic carboxylic acids is 1. The Morgan fingerprint density at radius 3 is 1.54 bits per heavy atom. The maximum Gasteiger partial charge on any atom is 1.00 e. The normalized spacial score (nSPS) is 9.28. The van der Waals surface area contributed by atoms with Crippen LogP contribution in [-0.2, 0) is 19.3 Å². The Bertz CT molecular complexity index is 1400. The Hall–Kier alpha value is 0.779. The number of rotatable bonds is 5. The van der Waals surface area contributed by atoms with Crippen LogP contribution in [0.2, 0.25) is 10.3 Å². The number of pyridine rings is 2. The standard InChI is InChI=1S/C11H9ClN2O2.C10H7ClN2O3.CH2O3.3K/c1-5-3-14-11(12)9-8(5)7(4-13-9)10(16)6(2)15;1-4-2-13-9(11)7-6(4)5(3-12-7)8(14)10(15)16;2-1-4-3;;;/h3-4,13H,1-2H3;2-3,12H,1H3,(H,15,16);1,3H;;;/q;;;;2*+1/p-2. The first-order chi connectivity index (χ1) is 17.0. The zero-order chi connectivity index (χ0) is 27.2. The third-order valence-electron chi connectivity index (χ3n) is 4.74. The first-order valence-electron chi connectivity index (χ1n) is 9.73. The number of hydrogen-bond donors (Lipinski definition) is 2. The fraction of sp³-hybridized carbons (Fsp3) is 0.136. The van der Waals surface area contributed by atoms with Gasteiger partial charge in [0.2, 0.25) is 11.6 Å². The van der Waals surface area contributed by atoms with Crippen LogP contribution in [0.5, 0.6) is 0 Å². The summed E-state index contributed by atoms with van der Waals surface area (Å²) in [5, 5.41) is 20.6. The molecule has 189 valence electrons. The van der Waals surface area contributed by atoms with Gasteiger partial charge in [0.15, 0.2) is 16.1 Å². The number of nitrogens with one attached hydrogen (secondary N) is 2. The number of aryl methyl sites for hydroxylation is 2. The molecular formula is C22H16Cl2K3N4O8. The van der Waals surface area contributed by atoms with Gasteiger partial charge < -0.3 is 30.0 Å². The van der Waals surface area contributed by atoms with Crippen LogP contribution < -0.4 is 113 Å². The van der Waals surface area contributed by atoms with Crippen molar-refractivity contribution in [1.29, 1.82) is 0 Å². The molecule has 0 atom stereocenters. The summed E-state index contributed by atoms with van der Waals surface area (Å²) >= 11 is 11.7. The number of hydrogen-bond acceptors (Lipinski definition) is 10. The van der Waals surface area contributed by atoms with Gasteiger partial charge in [-0.1, -0.05) is 23.2 Å². The van der Waals surface area contributed by atoms with Gasteiger partial charge in [0.05, 0.1) is 16.6 Å². The van der Waals surface area contributed by atoms with Crippen molar-refractivity contribution in [3.05, 3.63) is 57.3 Å². The number of carboxylic acid groups (broad SMARTS) is 1. The maximum atomic E-state index is 11.7. The number of Topliss-reactive ketones (excluding diaryl/α,β-unsaturated/α-hetero) is 3. The van der Waals surface area contributed by atoms with Crippen LogP contribution in [0.4, 0.5) is 0 Å². The molecule has 0 aliphatic rings. The van der Waals surface area contributed by atoms with Gasteiger partial charge in [0.1, 0.15) is 5.97 Å². The van der Waals surface area contributed by atoms with E-state index in [0.717, 1.165) is 5.56 Å². The summed E-state index contributed by atoms with van der Waals surface area (Å²) in [6, 6.07) is 0. The van der Waals surface area contributed by atoms with E-state index in [1.165, 1.54) is 25.5 Å². The monoisotopic (exact) mass is 651 g/mol. The average molecular weight is 653 g/mol. The fourth-order valence-electron chi connectivity index (χ4n) is 3.21. The van der Waals surface area contributed by atoms with Gasteiger partial charge in [-0.25, -0.2) is 9.97 Å². The molecule has 0 bridgehead atoms. The number of aromatic amines is 2. The van der Waals surface area contributed by atoms with E-state index in [1.54, 1.807) is 13.1 Å². The van der Waals surface area contributed by atoms with Crippen LogP contribution in [0.1, 0.15) is 38.8 Å². The smallest absolute Gasteiger partial charge is 0.662 e. The van der Waals surface area contributed by atoms with Gasteiger partial charge in [0, 0.05) is 99.4 Å². The molecule has 12 nitrogen and oxygen atoms in total. The van der Waals surface area contributed by atoms with Crippen molar-refractivity contribution in [2.75, 3.05) is 0 Å². The molecule has 0 amide bonds. The van der Waals surface area contributed by atoms with Crippen LogP contribution in [0.3, 0.4) is 0 Å². The Balaban J connectivity index is 0. The molecule has 1 radical (unpaired) electrons. The summed E-state index contributed by atoms with van der Waals surface area (Å²) in [5.74, 6) is -3.82. The third-order valence-corrected chi connectivity index (χ3v) is 5.31. The summed E-state index contributed by atoms with van der Waals surface area (Å²) < 4.78 is 0. The van der Waals surface area contributed by atoms with E-state index in [-0.39, 0.29) is 171 Å². The number of ketones is 3. The van der Waals surface area contributed by atoms with Crippen LogP contribution in [0, 0.1) is 13.8 Å². The fourth-order valence-corrected chi connectivity index (χ4v) is 3.61. The first kappa shape index (κ1) is 41.9. The molecule has 0 aliphatic carbocycles. The molecule has 0 saturated heterocycles. The van der Waals surface area contributed by atoms with E-state index < -0.39 is 23.3 Å². The van der Waals surface area contributed by atoms with Crippen LogP contribution in [0.25, 0.3) is 21.8 Å². The minimum atomic E-state index is -1.74. The van der Waals surface area contributed by atoms with Crippen molar-refractivity contribution in [2.24, 2.45) is 0 Å². The van der Waals surface area contributed by atoms with Crippen molar-refractivity contribution in [1.82, 2.24) is 19.9 Å². The van der Waals surface area contributed by atoms with Crippen molar-refractivity contribution < 1.29 is 142 Å². The minimum Gasteiger partial charge on any atom is -0.662 e. The molecule has 0 fully saturated rings. The molecule has 4 rings (SSSR count). The molecule has 0 spiro atoms. The van der Waals surface area contributed by atoms with E-state index in [9.17, 15) is 24.3 Å². The zero-order valence-electron chi connectivity index (χ0n) is 21.8. The second-order valence-electron chi connectivity index (χ2n) is 7.06. The minimum absolute atomic E-state index is 0. The Kier molecular flexibility index (Phi) is 21.4. The van der Waals surface area contributed by atoms with Gasteiger partial charge >= 0.3 is 103 Å². The SMILES string of the molecule is CC(=O)C(=O)c1c[nH]c2c(Cl)ncc(C)c12.Cc1cnc(Cl)c2[nH]cc(C(=O)C(=O)[O-])c12.O=CO[O-].[K+].[K+].[K]. The van der Waals surface area contributed by atoms with E-state index >= 15 is 0 Å². The van der Waals surface area contributed by atoms with Crippen molar-refractivity contribution >= 4 is 126 Å². The average Bonchev–Trinajstić information content (AvgIpc) is 3.50. The quantitative estimate of drug-likeness (QED) is 0.0400. The maximum absolute atomic E-state index is 11.7. The van der Waals surface area contributed by atoms with Crippen LogP contribution >= 0.6 is 23.2 Å². The van der Waals surface area contributed by atoms with Gasteiger partial charge in [-0.2, -0.15) is 0 Å². The van der Waals surface area contributed by atoms with E-state index in [4.69, 9.17) is 33.3 Å². The number of fused-ring (bicyclic) bond motifs is 2. The van der Waals surface area contributed by atoms with Crippen LogP contribution in [-0.4, -0.2) is 101 Å². The Labute approximate surface area is 358 Å². The second kappa shape index (κ2) is 19.9. The van der Waals surface area contributed by atoms with Gasteiger partial charge in [-0.3, -0.25) is 19.2 Å². The number of halogens is 2. The number of aromatic nitrogens is 4. The molecule has 4 heterocycles. The molecule has 0 saturated carbocycles. The van der Waals surface area contributed by atoms with Gasteiger partial charge in [0.25, 0.3) is 6.47 Å². The van der Waals surface area contributed by atoms with E-state index in [1.807, 2.05) is 6.92 Å². The molecule has 0 aliphatic heterocycles. The first-order valence-corrected chi connectivity index (χ1v) is 10.5. The van der Waals surface area contributed by atoms with E-state index in [2.05, 4.69) is 24.8 Å². The number of carbonyl (C=O) groups is 5. The number of H-pyrrole nitrogens is 2. The third kappa shape index (κ3) is 10.8. The van der Waals surface area contributed by atoms with Gasteiger partial charge in [-0.15, -0.1) is 0 Å². The summed E-state index contributed by atoms with van der Waals surface area (Å²) in [4.78, 5) is 69.3. The zero-order valence-corrected chi connectivity index (χ0v) is 32.7. The molecule has 2 N–H and O–H groups in total. The van der Waals surface area contributed by atoms with Gasteiger partial charge in [-0.05, 0) is 25.0 Å². The summed E-state index contributed by atoms with van der Waals surface area (Å²) in [6.07, 6.45) is 5.85. The molecule has 0 aromatic carbocycles. The predicted octanol–water partition coefficient (Wildman–Crippen LogP) is -5.18. The number of carboxylic acids is 1. The largest absolute Gasteiger partial charge is 1.00 e. The van der Waals surface area contributed by atoms with E-state index in [0.29, 0.717) is 38.1 Å². The van der Waals surface area contributed by atoms with Crippen molar-refractivity contribution in [3.63, 3.8) is 0 Å².